The van der Waals surface area contributed by atoms with E-state index in [0.717, 1.165) is 11.3 Å². The van der Waals surface area contributed by atoms with Crippen LogP contribution in [0.15, 0.2) is 24.5 Å². The number of hydrogen-bond donors (Lipinski definition) is 4. The quantitative estimate of drug-likeness (QED) is 0.414. The van der Waals surface area contributed by atoms with E-state index in [1.807, 2.05) is 11.8 Å². The van der Waals surface area contributed by atoms with Crippen LogP contribution >= 0.6 is 0 Å². The number of benzene rings is 1. The second-order valence-electron chi connectivity index (χ2n) is 8.76. The zero-order chi connectivity index (χ0) is 24.7. The van der Waals surface area contributed by atoms with Gasteiger partial charge < -0.3 is 25.6 Å². The van der Waals surface area contributed by atoms with Crippen molar-refractivity contribution in [1.82, 2.24) is 14.9 Å². The number of nitrogens with two attached hydrogens (primary N) is 1. The highest BCUT2D eigenvalue weighted by molar-refractivity contribution is 5.99. The van der Waals surface area contributed by atoms with Crippen LogP contribution < -0.4 is 21.1 Å². The molecule has 5 N–H and O–H groups in total. The predicted molar refractivity (Wildman–Crippen MR) is 130 cm³/mol. The van der Waals surface area contributed by atoms with Gasteiger partial charge in [-0.2, -0.15) is 0 Å². The summed E-state index contributed by atoms with van der Waals surface area (Å²) in [6, 6.07) is 3.28. The fourth-order valence-electron chi connectivity index (χ4n) is 4.53. The van der Waals surface area contributed by atoms with Gasteiger partial charge in [0.05, 0.1) is 5.69 Å². The lowest BCUT2D eigenvalue weighted by Gasteiger charge is -2.22. The van der Waals surface area contributed by atoms with Gasteiger partial charge in [0.1, 0.15) is 30.4 Å². The number of carbonyl (C=O) groups is 1. The monoisotopic (exact) mass is 482 g/mol. The van der Waals surface area contributed by atoms with Crippen molar-refractivity contribution in [2.45, 2.75) is 32.6 Å². The molecule has 1 amide bonds. The molecule has 1 saturated heterocycles. The molecule has 2 atom stereocenters. The number of nitrogen functional groups attached to an aromatic ring is 1. The van der Waals surface area contributed by atoms with Crippen LogP contribution in [0, 0.1) is 12.7 Å². The maximum absolute atomic E-state index is 15.3. The molecular weight excluding hydrogens is 455 g/mol. The second-order valence-corrected chi connectivity index (χ2v) is 8.76. The summed E-state index contributed by atoms with van der Waals surface area (Å²) in [5, 5.41) is 16.6. The van der Waals surface area contributed by atoms with Crippen LogP contribution in [0.25, 0.3) is 21.9 Å². The van der Waals surface area contributed by atoms with Gasteiger partial charge in [0.25, 0.3) is 0 Å². The van der Waals surface area contributed by atoms with Crippen LogP contribution in [0.2, 0.25) is 0 Å². The molecule has 184 valence electrons. The van der Waals surface area contributed by atoms with E-state index in [2.05, 4.69) is 20.6 Å². The van der Waals surface area contributed by atoms with Gasteiger partial charge in [-0.05, 0) is 43.4 Å². The van der Waals surface area contributed by atoms with Gasteiger partial charge in [-0.1, -0.05) is 0 Å². The molecule has 2 aromatic heterocycles. The fraction of sp³-hybridized carbons (Fsp3) is 0.375. The van der Waals surface area contributed by atoms with Crippen LogP contribution in [0.5, 0.6) is 5.88 Å². The largest absolute Gasteiger partial charge is 0.474 e. The van der Waals surface area contributed by atoms with Crippen molar-refractivity contribution < 1.29 is 23.8 Å². The first-order chi connectivity index (χ1) is 16.8. The summed E-state index contributed by atoms with van der Waals surface area (Å²) in [6.07, 6.45) is 2.07. The number of halogens is 1. The maximum Gasteiger partial charge on any atom is 0.413 e. The normalized spacial score (nSPS) is 18.5. The van der Waals surface area contributed by atoms with Crippen LogP contribution in [-0.2, 0) is 4.74 Å². The summed E-state index contributed by atoms with van der Waals surface area (Å²) in [6.45, 7) is 5.81. The standard InChI is InChI=1S/C24H27FN6O4/c1-12-17(9-29-23-22(12)27-4-6-34-23)16-7-14-8-19(28-10-18(14)21(26)20(16)25)30-24(33)35-15-3-5-31(11-15)13(2)32/h7-10,13,15,27,32H,3-6,11,26H2,1-2H3,(H,28,30,33). The third kappa shape index (κ3) is 4.40. The number of aliphatic hydroxyl groups is 1. The molecule has 10 nitrogen and oxygen atoms in total. The number of rotatable bonds is 4. The molecule has 0 bridgehead atoms. The molecule has 2 aliphatic rings. The van der Waals surface area contributed by atoms with E-state index in [-0.39, 0.29) is 17.6 Å². The topological polar surface area (TPSA) is 135 Å². The number of ether oxygens (including phenoxy) is 2. The first-order valence-electron chi connectivity index (χ1n) is 11.5. The van der Waals surface area contributed by atoms with Crippen LogP contribution in [0.3, 0.4) is 0 Å². The Kier molecular flexibility index (Phi) is 6.03. The maximum atomic E-state index is 15.3. The van der Waals surface area contributed by atoms with Crippen molar-refractivity contribution in [2.24, 2.45) is 0 Å². The second kappa shape index (κ2) is 9.16. The van der Waals surface area contributed by atoms with Gasteiger partial charge in [-0.25, -0.2) is 19.2 Å². The SMILES string of the molecule is Cc1c(-c2cc3cc(NC(=O)OC4CCN(C(C)O)C4)ncc3c(N)c2F)cnc2c1NCCO2. The molecule has 0 radical (unpaired) electrons. The summed E-state index contributed by atoms with van der Waals surface area (Å²) in [5.74, 6) is 0.171. The van der Waals surface area contributed by atoms with Crippen molar-refractivity contribution in [3.05, 3.63) is 35.9 Å². The molecule has 0 aliphatic carbocycles. The fourth-order valence-corrected chi connectivity index (χ4v) is 4.53. The zero-order valence-electron chi connectivity index (χ0n) is 19.5. The minimum atomic E-state index is -0.648. The summed E-state index contributed by atoms with van der Waals surface area (Å²) < 4.78 is 26.3. The van der Waals surface area contributed by atoms with E-state index >= 15 is 4.39 Å². The summed E-state index contributed by atoms with van der Waals surface area (Å²) in [7, 11) is 0. The number of fused-ring (bicyclic) bond motifs is 2. The van der Waals surface area contributed by atoms with Crippen LogP contribution in [0.4, 0.5) is 26.4 Å². The Morgan fingerprint density at radius 1 is 1.37 bits per heavy atom. The molecule has 0 saturated carbocycles. The number of aliphatic hydroxyl groups excluding tert-OH is 1. The van der Waals surface area contributed by atoms with Crippen molar-refractivity contribution in [3.8, 4) is 17.0 Å². The third-order valence-corrected chi connectivity index (χ3v) is 6.44. The molecule has 35 heavy (non-hydrogen) atoms. The van der Waals surface area contributed by atoms with Crippen molar-refractivity contribution >= 4 is 34.1 Å². The van der Waals surface area contributed by atoms with E-state index in [9.17, 15) is 9.90 Å². The van der Waals surface area contributed by atoms with Crippen LogP contribution in [-0.4, -0.2) is 64.6 Å². The molecule has 2 unspecified atom stereocenters. The van der Waals surface area contributed by atoms with Gasteiger partial charge in [0.2, 0.25) is 5.88 Å². The van der Waals surface area contributed by atoms with Crippen molar-refractivity contribution in [2.75, 3.05) is 42.6 Å². The molecule has 2 aliphatic heterocycles. The zero-order valence-corrected chi connectivity index (χ0v) is 19.5. The van der Waals surface area contributed by atoms with E-state index in [1.54, 1.807) is 25.3 Å². The molecular formula is C24H27FN6O4. The molecule has 5 rings (SSSR count). The Morgan fingerprint density at radius 2 is 2.20 bits per heavy atom. The lowest BCUT2D eigenvalue weighted by molar-refractivity contribution is 0.0248. The van der Waals surface area contributed by atoms with Crippen LogP contribution in [0.1, 0.15) is 18.9 Å². The van der Waals surface area contributed by atoms with Gasteiger partial charge in [-0.15, -0.1) is 0 Å². The molecule has 0 spiro atoms. The summed E-state index contributed by atoms with van der Waals surface area (Å²) in [5.41, 5.74) is 8.49. The van der Waals surface area contributed by atoms with E-state index < -0.39 is 18.1 Å². The Balaban J connectivity index is 1.42. The Hall–Kier alpha value is -3.70. The van der Waals surface area contributed by atoms with E-state index in [4.69, 9.17) is 15.2 Å². The van der Waals surface area contributed by atoms with Gasteiger partial charge >= 0.3 is 6.09 Å². The number of pyridine rings is 2. The lowest BCUT2D eigenvalue weighted by atomic mass is 9.97. The molecule has 11 heteroatoms. The first kappa shape index (κ1) is 23.1. The minimum absolute atomic E-state index is 0.0374. The first-order valence-corrected chi connectivity index (χ1v) is 11.5. The van der Waals surface area contributed by atoms with Gasteiger partial charge in [-0.3, -0.25) is 10.2 Å². The number of likely N-dealkylation sites (tertiary alicyclic amines) is 1. The number of hydrogen-bond acceptors (Lipinski definition) is 9. The highest BCUT2D eigenvalue weighted by Gasteiger charge is 2.28. The number of nitrogens with one attached hydrogen (secondary N) is 2. The number of anilines is 3. The van der Waals surface area contributed by atoms with E-state index in [0.29, 0.717) is 60.4 Å². The van der Waals surface area contributed by atoms with E-state index in [1.165, 1.54) is 6.20 Å². The Morgan fingerprint density at radius 3 is 2.97 bits per heavy atom. The van der Waals surface area contributed by atoms with Gasteiger partial charge in [0.15, 0.2) is 5.82 Å². The Bertz CT molecular complexity index is 1300. The number of aromatic nitrogens is 2. The summed E-state index contributed by atoms with van der Waals surface area (Å²) >= 11 is 0. The highest BCUT2D eigenvalue weighted by Crippen LogP contribution is 2.39. The average Bonchev–Trinajstić information content (AvgIpc) is 3.31. The number of amides is 1. The molecule has 1 fully saturated rings. The lowest BCUT2D eigenvalue weighted by Crippen LogP contribution is -2.32. The average molecular weight is 483 g/mol. The summed E-state index contributed by atoms with van der Waals surface area (Å²) in [4.78, 5) is 22.8. The predicted octanol–water partition coefficient (Wildman–Crippen LogP) is 3.09. The van der Waals surface area contributed by atoms with Crippen molar-refractivity contribution in [1.29, 1.82) is 0 Å². The Labute approximate surface area is 201 Å². The smallest absolute Gasteiger partial charge is 0.413 e. The minimum Gasteiger partial charge on any atom is -0.474 e. The molecule has 4 heterocycles. The third-order valence-electron chi connectivity index (χ3n) is 6.44. The van der Waals surface area contributed by atoms with Crippen molar-refractivity contribution in [3.63, 3.8) is 0 Å². The van der Waals surface area contributed by atoms with Gasteiger partial charge in [0, 0.05) is 48.5 Å². The highest BCUT2D eigenvalue weighted by atomic mass is 19.1. The number of nitrogens with zero attached hydrogens (tertiary/aromatic N) is 3. The molecule has 3 aromatic rings. The number of carbonyl (C=O) groups excluding carboxylic acids is 1. The molecule has 1 aromatic carbocycles.